The number of unbranched alkanes of at least 4 members (excludes halogenated alkanes) is 1. The van der Waals surface area contributed by atoms with Crippen molar-refractivity contribution in [3.63, 3.8) is 0 Å². The fraction of sp³-hybridized carbons (Fsp3) is 1.00. The first-order valence-electron chi connectivity index (χ1n) is 4.16. The summed E-state index contributed by atoms with van der Waals surface area (Å²) >= 11 is 0. The summed E-state index contributed by atoms with van der Waals surface area (Å²) in [5, 5.41) is 32.5. The van der Waals surface area contributed by atoms with E-state index in [4.69, 9.17) is 20.4 Å². The van der Waals surface area contributed by atoms with Crippen LogP contribution in [0.25, 0.3) is 0 Å². The third-order valence-corrected chi connectivity index (χ3v) is 1.19. The maximum absolute atomic E-state index is 8.17. The van der Waals surface area contributed by atoms with Gasteiger partial charge in [0.05, 0.1) is 0 Å². The molecule has 4 N–H and O–H groups in total. The number of hydrogen-bond donors (Lipinski definition) is 4. The Hall–Kier alpha value is -0.160. The van der Waals surface area contributed by atoms with Crippen molar-refractivity contribution in [1.29, 1.82) is 0 Å². The molecule has 0 radical (unpaired) electrons. The van der Waals surface area contributed by atoms with Crippen LogP contribution in [0.4, 0.5) is 0 Å². The van der Waals surface area contributed by atoms with Crippen molar-refractivity contribution in [2.45, 2.75) is 19.8 Å². The zero-order valence-electron chi connectivity index (χ0n) is 7.61. The lowest BCUT2D eigenvalue weighted by Crippen LogP contribution is -2.04. The van der Waals surface area contributed by atoms with Gasteiger partial charge in [0.1, 0.15) is 0 Å². The van der Waals surface area contributed by atoms with Crippen LogP contribution in [-0.4, -0.2) is 46.9 Å². The summed E-state index contributed by atoms with van der Waals surface area (Å²) in [7, 11) is 0. The molecule has 0 rings (SSSR count). The first kappa shape index (κ1) is 14.4. The van der Waals surface area contributed by atoms with Crippen molar-refractivity contribution in [1.82, 2.24) is 0 Å². The van der Waals surface area contributed by atoms with Crippen molar-refractivity contribution >= 4 is 0 Å². The summed E-state index contributed by atoms with van der Waals surface area (Å²) in [6.45, 7) is 2.33. The van der Waals surface area contributed by atoms with Gasteiger partial charge < -0.3 is 20.4 Å². The first-order chi connectivity index (χ1) is 5.72. The molecular formula is C8H20O4. The molecule has 0 fully saturated rings. The van der Waals surface area contributed by atoms with E-state index in [0.29, 0.717) is 0 Å². The molecule has 0 aromatic carbocycles. The molecule has 0 aliphatic carbocycles. The third-order valence-electron chi connectivity index (χ3n) is 1.19. The molecule has 0 bridgehead atoms. The first-order valence-corrected chi connectivity index (χ1v) is 4.16. The van der Waals surface area contributed by atoms with E-state index in [1.807, 2.05) is 0 Å². The van der Waals surface area contributed by atoms with Gasteiger partial charge in [0, 0.05) is 32.3 Å². The highest BCUT2D eigenvalue weighted by Gasteiger charge is 1.91. The number of aliphatic hydroxyl groups excluding tert-OH is 4. The maximum atomic E-state index is 8.17. The van der Waals surface area contributed by atoms with Gasteiger partial charge in [0.15, 0.2) is 0 Å². The molecule has 0 aliphatic rings. The molecule has 0 saturated heterocycles. The van der Waals surface area contributed by atoms with Crippen LogP contribution in [0.5, 0.6) is 0 Å². The van der Waals surface area contributed by atoms with Crippen LogP contribution in [0.2, 0.25) is 0 Å². The monoisotopic (exact) mass is 180 g/mol. The Morgan fingerprint density at radius 2 is 1.17 bits per heavy atom. The second kappa shape index (κ2) is 13.4. The molecule has 0 aliphatic heterocycles. The minimum atomic E-state index is 0.0463. The van der Waals surface area contributed by atoms with E-state index in [9.17, 15) is 0 Å². The highest BCUT2D eigenvalue weighted by atomic mass is 16.3. The van der Waals surface area contributed by atoms with Crippen molar-refractivity contribution in [2.75, 3.05) is 26.4 Å². The molecule has 12 heavy (non-hydrogen) atoms. The average Bonchev–Trinajstić information content (AvgIpc) is 2.14. The van der Waals surface area contributed by atoms with Gasteiger partial charge in [-0.1, -0.05) is 6.92 Å². The molecule has 0 amide bonds. The Bertz CT molecular complexity index is 60.1. The summed E-state index contributed by atoms with van der Waals surface area (Å²) in [6.07, 6.45) is 1.44. The third kappa shape index (κ3) is 16.4. The standard InChI is InChI=1S/2C4H10O2/c1-4(2-5)3-6;5-3-1-2-4-6/h4-6H,2-3H2,1H3;5-6H,1-4H2. The fourth-order valence-electron chi connectivity index (χ4n) is 0.281. The number of hydrogen-bond acceptors (Lipinski definition) is 4. The molecule has 4 heteroatoms. The summed E-state index contributed by atoms with van der Waals surface area (Å²) in [5.74, 6) is 0.0463. The van der Waals surface area contributed by atoms with Gasteiger partial charge in [0.25, 0.3) is 0 Å². The SMILES string of the molecule is CC(CO)CO.OCCCCO. The quantitative estimate of drug-likeness (QED) is 0.424. The zero-order chi connectivity index (χ0) is 9.82. The van der Waals surface area contributed by atoms with E-state index in [1.165, 1.54) is 0 Å². The van der Waals surface area contributed by atoms with E-state index < -0.39 is 0 Å². The predicted molar refractivity (Wildman–Crippen MR) is 46.7 cm³/mol. The molecule has 0 unspecified atom stereocenters. The van der Waals surface area contributed by atoms with Crippen LogP contribution in [0.3, 0.4) is 0 Å². The highest BCUT2D eigenvalue weighted by Crippen LogP contribution is 1.85. The Kier molecular flexibility index (Phi) is 16.1. The summed E-state index contributed by atoms with van der Waals surface area (Å²) in [5.41, 5.74) is 0. The lowest BCUT2D eigenvalue weighted by Gasteiger charge is -1.97. The molecule has 0 aromatic heterocycles. The van der Waals surface area contributed by atoms with Gasteiger partial charge in [-0.3, -0.25) is 0 Å². The van der Waals surface area contributed by atoms with Crippen LogP contribution in [0.15, 0.2) is 0 Å². The lowest BCUT2D eigenvalue weighted by atomic mass is 10.2. The van der Waals surface area contributed by atoms with E-state index in [1.54, 1.807) is 6.92 Å². The van der Waals surface area contributed by atoms with Crippen molar-refractivity contribution in [3.8, 4) is 0 Å². The van der Waals surface area contributed by atoms with Crippen LogP contribution < -0.4 is 0 Å². The van der Waals surface area contributed by atoms with Crippen LogP contribution in [-0.2, 0) is 0 Å². The zero-order valence-corrected chi connectivity index (χ0v) is 7.61. The average molecular weight is 180 g/mol. The minimum Gasteiger partial charge on any atom is -0.396 e. The van der Waals surface area contributed by atoms with Gasteiger partial charge in [-0.2, -0.15) is 0 Å². The van der Waals surface area contributed by atoms with Gasteiger partial charge in [-0.25, -0.2) is 0 Å². The largest absolute Gasteiger partial charge is 0.396 e. The van der Waals surface area contributed by atoms with Crippen molar-refractivity contribution in [3.05, 3.63) is 0 Å². The number of rotatable bonds is 5. The Balaban J connectivity index is 0. The Morgan fingerprint density at radius 1 is 0.833 bits per heavy atom. The second-order valence-corrected chi connectivity index (χ2v) is 2.62. The van der Waals surface area contributed by atoms with E-state index in [0.717, 1.165) is 12.8 Å². The van der Waals surface area contributed by atoms with Gasteiger partial charge in [-0.05, 0) is 12.8 Å². The van der Waals surface area contributed by atoms with E-state index >= 15 is 0 Å². The summed E-state index contributed by atoms with van der Waals surface area (Å²) < 4.78 is 0. The maximum Gasteiger partial charge on any atom is 0.0478 e. The van der Waals surface area contributed by atoms with Crippen molar-refractivity contribution in [2.24, 2.45) is 5.92 Å². The molecule has 0 spiro atoms. The van der Waals surface area contributed by atoms with Crippen LogP contribution in [0, 0.1) is 5.92 Å². The lowest BCUT2D eigenvalue weighted by molar-refractivity contribution is 0.162. The molecule has 0 saturated carbocycles. The number of aliphatic hydroxyl groups is 4. The van der Waals surface area contributed by atoms with Crippen molar-refractivity contribution < 1.29 is 20.4 Å². The minimum absolute atomic E-state index is 0.0463. The van der Waals surface area contributed by atoms with Gasteiger partial charge >= 0.3 is 0 Å². The second-order valence-electron chi connectivity index (χ2n) is 2.62. The summed E-state index contributed by atoms with van der Waals surface area (Å²) in [4.78, 5) is 0. The van der Waals surface area contributed by atoms with E-state index in [2.05, 4.69) is 0 Å². The fourth-order valence-corrected chi connectivity index (χ4v) is 0.281. The topological polar surface area (TPSA) is 80.9 Å². The van der Waals surface area contributed by atoms with Crippen LogP contribution >= 0.6 is 0 Å². The molecule has 0 heterocycles. The van der Waals surface area contributed by atoms with Gasteiger partial charge in [0.2, 0.25) is 0 Å². The Labute approximate surface area is 73.5 Å². The summed E-state index contributed by atoms with van der Waals surface area (Å²) in [6, 6.07) is 0. The molecular weight excluding hydrogens is 160 g/mol. The van der Waals surface area contributed by atoms with Crippen LogP contribution in [0.1, 0.15) is 19.8 Å². The highest BCUT2D eigenvalue weighted by molar-refractivity contribution is 4.41. The molecule has 0 atom stereocenters. The van der Waals surface area contributed by atoms with Gasteiger partial charge in [-0.15, -0.1) is 0 Å². The molecule has 76 valence electrons. The predicted octanol–water partition coefficient (Wildman–Crippen LogP) is -0.642. The molecule has 4 nitrogen and oxygen atoms in total. The molecule has 0 aromatic rings. The smallest absolute Gasteiger partial charge is 0.0478 e. The van der Waals surface area contributed by atoms with E-state index in [-0.39, 0.29) is 32.3 Å². The normalized spacial score (nSPS) is 9.50. The Morgan fingerprint density at radius 3 is 1.25 bits per heavy atom.